The van der Waals surface area contributed by atoms with Crippen molar-refractivity contribution in [2.45, 2.75) is 6.92 Å². The van der Waals surface area contributed by atoms with Gasteiger partial charge in [-0.3, -0.25) is 0 Å². The third kappa shape index (κ3) is 2.26. The number of carbonyl (C=O) groups is 1. The molecule has 0 unspecified atom stereocenters. The van der Waals surface area contributed by atoms with Crippen LogP contribution in [0.3, 0.4) is 0 Å². The zero-order valence-electron chi connectivity index (χ0n) is 7.65. The van der Waals surface area contributed by atoms with Gasteiger partial charge in [-0.05, 0) is 25.1 Å². The van der Waals surface area contributed by atoms with E-state index in [-0.39, 0.29) is 17.1 Å². The van der Waals surface area contributed by atoms with Crippen LogP contribution in [0.2, 0.25) is 0 Å². The van der Waals surface area contributed by atoms with Crippen molar-refractivity contribution >= 4 is 5.97 Å². The summed E-state index contributed by atoms with van der Waals surface area (Å²) in [6.45, 7) is 5.09. The Bertz CT molecular complexity index is 382. The van der Waals surface area contributed by atoms with Crippen LogP contribution in [0.15, 0.2) is 30.5 Å². The smallest absolute Gasteiger partial charge is 0.335 e. The molecule has 0 radical (unpaired) electrons. The van der Waals surface area contributed by atoms with E-state index in [1.807, 2.05) is 0 Å². The second kappa shape index (κ2) is 3.83. The minimum Gasteiger partial charge on any atom is -0.504 e. The normalized spacial score (nSPS) is 9.50. The van der Waals surface area contributed by atoms with Gasteiger partial charge < -0.3 is 14.9 Å². The molecule has 0 saturated carbocycles. The van der Waals surface area contributed by atoms with Crippen LogP contribution in [0, 0.1) is 0 Å². The molecular weight excluding hydrogens is 184 g/mol. The molecule has 4 heteroatoms. The summed E-state index contributed by atoms with van der Waals surface area (Å²) in [7, 11) is 0. The van der Waals surface area contributed by atoms with Gasteiger partial charge in [0, 0.05) is 0 Å². The Balaban J connectivity index is 3.08. The highest BCUT2D eigenvalue weighted by Gasteiger charge is 2.08. The molecule has 74 valence electrons. The minimum atomic E-state index is -1.07. The van der Waals surface area contributed by atoms with Gasteiger partial charge in [0.05, 0.1) is 11.3 Å². The van der Waals surface area contributed by atoms with E-state index < -0.39 is 5.97 Å². The highest BCUT2D eigenvalue weighted by atomic mass is 16.5. The summed E-state index contributed by atoms with van der Waals surface area (Å²) in [4.78, 5) is 10.6. The van der Waals surface area contributed by atoms with Gasteiger partial charge in [0.15, 0.2) is 11.5 Å². The first-order valence-corrected chi connectivity index (χ1v) is 3.90. The summed E-state index contributed by atoms with van der Waals surface area (Å²) in [6.07, 6.45) is 0. The average Bonchev–Trinajstić information content (AvgIpc) is 2.07. The first kappa shape index (κ1) is 10.1. The lowest BCUT2D eigenvalue weighted by Gasteiger charge is -2.07. The van der Waals surface area contributed by atoms with Crippen molar-refractivity contribution in [1.29, 1.82) is 0 Å². The average molecular weight is 194 g/mol. The maximum atomic E-state index is 10.6. The van der Waals surface area contributed by atoms with Crippen molar-refractivity contribution in [3.63, 3.8) is 0 Å². The molecule has 0 aliphatic heterocycles. The molecule has 0 amide bonds. The maximum absolute atomic E-state index is 10.6. The number of ether oxygens (including phenoxy) is 1. The van der Waals surface area contributed by atoms with Crippen LogP contribution in [-0.4, -0.2) is 16.2 Å². The van der Waals surface area contributed by atoms with Gasteiger partial charge in [-0.2, -0.15) is 0 Å². The molecule has 4 nitrogen and oxygen atoms in total. The Kier molecular flexibility index (Phi) is 2.76. The lowest BCUT2D eigenvalue weighted by Crippen LogP contribution is -1.97. The highest BCUT2D eigenvalue weighted by Crippen LogP contribution is 2.28. The molecule has 0 aromatic heterocycles. The molecule has 1 aromatic carbocycles. The summed E-state index contributed by atoms with van der Waals surface area (Å²) in [5.74, 6) is -0.713. The first-order chi connectivity index (χ1) is 6.50. The standard InChI is InChI=1S/C10H10O4/c1-6(2)14-9-5-7(10(12)13)3-4-8(9)11/h3-5,11H,1H2,2H3,(H,12,13). The summed E-state index contributed by atoms with van der Waals surface area (Å²) in [5.41, 5.74) is 0.0547. The molecule has 0 aliphatic rings. The quantitative estimate of drug-likeness (QED) is 0.722. The van der Waals surface area contributed by atoms with Crippen molar-refractivity contribution in [2.75, 3.05) is 0 Å². The van der Waals surface area contributed by atoms with Gasteiger partial charge >= 0.3 is 5.97 Å². The molecule has 0 fully saturated rings. The fourth-order valence-corrected chi connectivity index (χ4v) is 0.917. The van der Waals surface area contributed by atoms with Gasteiger partial charge in [0.25, 0.3) is 0 Å². The zero-order valence-corrected chi connectivity index (χ0v) is 7.65. The van der Waals surface area contributed by atoms with E-state index in [1.165, 1.54) is 18.2 Å². The molecule has 0 bridgehead atoms. The molecule has 1 aromatic rings. The van der Waals surface area contributed by atoms with Crippen LogP contribution >= 0.6 is 0 Å². The van der Waals surface area contributed by atoms with Crippen LogP contribution in [0.25, 0.3) is 0 Å². The Labute approximate surface area is 81.1 Å². The number of rotatable bonds is 3. The molecular formula is C10H10O4. The summed E-state index contributed by atoms with van der Waals surface area (Å²) in [6, 6.07) is 3.80. The van der Waals surface area contributed by atoms with Gasteiger partial charge in [-0.25, -0.2) is 4.79 Å². The molecule has 0 heterocycles. The summed E-state index contributed by atoms with van der Waals surface area (Å²) >= 11 is 0. The van der Waals surface area contributed by atoms with Crippen molar-refractivity contribution in [3.8, 4) is 11.5 Å². The van der Waals surface area contributed by atoms with Crippen molar-refractivity contribution in [2.24, 2.45) is 0 Å². The van der Waals surface area contributed by atoms with Crippen molar-refractivity contribution < 1.29 is 19.7 Å². The third-order valence-electron chi connectivity index (χ3n) is 1.49. The van der Waals surface area contributed by atoms with Crippen LogP contribution in [0.1, 0.15) is 17.3 Å². The predicted molar refractivity (Wildman–Crippen MR) is 50.5 cm³/mol. The second-order valence-electron chi connectivity index (χ2n) is 2.79. The number of aromatic carboxylic acids is 1. The van der Waals surface area contributed by atoms with Crippen molar-refractivity contribution in [1.82, 2.24) is 0 Å². The maximum Gasteiger partial charge on any atom is 0.335 e. The Morgan fingerprint density at radius 2 is 2.14 bits per heavy atom. The number of benzene rings is 1. The minimum absolute atomic E-state index is 0.0547. The number of carboxylic acids is 1. The predicted octanol–water partition coefficient (Wildman–Crippen LogP) is 2.00. The fraction of sp³-hybridized carbons (Fsp3) is 0.100. The fourth-order valence-electron chi connectivity index (χ4n) is 0.917. The van der Waals surface area contributed by atoms with E-state index in [2.05, 4.69) is 6.58 Å². The number of allylic oxidation sites excluding steroid dienone is 1. The van der Waals surface area contributed by atoms with E-state index in [9.17, 15) is 9.90 Å². The number of phenolic OH excluding ortho intramolecular Hbond substituents is 1. The lowest BCUT2D eigenvalue weighted by molar-refractivity contribution is 0.0696. The second-order valence-corrected chi connectivity index (χ2v) is 2.79. The molecule has 0 aliphatic carbocycles. The van der Waals surface area contributed by atoms with E-state index in [0.717, 1.165) is 0 Å². The summed E-state index contributed by atoms with van der Waals surface area (Å²) < 4.78 is 5.03. The van der Waals surface area contributed by atoms with E-state index in [4.69, 9.17) is 9.84 Å². The highest BCUT2D eigenvalue weighted by molar-refractivity contribution is 5.88. The van der Waals surface area contributed by atoms with Gasteiger partial charge in [-0.1, -0.05) is 6.58 Å². The largest absolute Gasteiger partial charge is 0.504 e. The van der Waals surface area contributed by atoms with E-state index in [0.29, 0.717) is 5.76 Å². The van der Waals surface area contributed by atoms with Gasteiger partial charge in [-0.15, -0.1) is 0 Å². The monoisotopic (exact) mass is 194 g/mol. The molecule has 1 rings (SSSR count). The van der Waals surface area contributed by atoms with Gasteiger partial charge in [0.1, 0.15) is 0 Å². The summed E-state index contributed by atoms with van der Waals surface area (Å²) in [5, 5.41) is 18.0. The number of hydrogen-bond donors (Lipinski definition) is 2. The Morgan fingerprint density at radius 3 is 2.64 bits per heavy atom. The van der Waals surface area contributed by atoms with Crippen LogP contribution in [-0.2, 0) is 0 Å². The Morgan fingerprint density at radius 1 is 1.50 bits per heavy atom. The molecule has 2 N–H and O–H groups in total. The SMILES string of the molecule is C=C(C)Oc1cc(C(=O)O)ccc1O. The Hall–Kier alpha value is -1.97. The first-order valence-electron chi connectivity index (χ1n) is 3.90. The molecule has 0 spiro atoms. The number of phenols is 1. The molecule has 14 heavy (non-hydrogen) atoms. The number of aromatic hydroxyl groups is 1. The van der Waals surface area contributed by atoms with Gasteiger partial charge in [0.2, 0.25) is 0 Å². The van der Waals surface area contributed by atoms with Crippen molar-refractivity contribution in [3.05, 3.63) is 36.1 Å². The van der Waals surface area contributed by atoms with E-state index in [1.54, 1.807) is 6.92 Å². The topological polar surface area (TPSA) is 66.8 Å². The zero-order chi connectivity index (χ0) is 10.7. The van der Waals surface area contributed by atoms with Crippen LogP contribution in [0.5, 0.6) is 11.5 Å². The third-order valence-corrected chi connectivity index (χ3v) is 1.49. The van der Waals surface area contributed by atoms with Crippen LogP contribution < -0.4 is 4.74 Å². The molecule has 0 atom stereocenters. The number of hydrogen-bond acceptors (Lipinski definition) is 3. The van der Waals surface area contributed by atoms with E-state index >= 15 is 0 Å². The molecule has 0 saturated heterocycles. The number of carboxylic acid groups (broad SMARTS) is 1. The lowest BCUT2D eigenvalue weighted by atomic mass is 10.2. The van der Waals surface area contributed by atoms with Crippen LogP contribution in [0.4, 0.5) is 0 Å².